The standard InChI is InChI=1S/C14H23NO2S/c1-3-4-5-14(16)11-15(7-8-17-2)10-13-6-9-18-12-13/h3,6,9,12,14,16H,1,4-5,7-8,10-11H2,2H3. The monoisotopic (exact) mass is 269 g/mol. The van der Waals surface area contributed by atoms with Crippen molar-refractivity contribution in [2.75, 3.05) is 26.8 Å². The van der Waals surface area contributed by atoms with Crippen molar-refractivity contribution < 1.29 is 9.84 Å². The van der Waals surface area contributed by atoms with Crippen LogP contribution in [0.5, 0.6) is 0 Å². The molecule has 0 bridgehead atoms. The second-order valence-electron chi connectivity index (χ2n) is 4.38. The fourth-order valence-corrected chi connectivity index (χ4v) is 2.46. The summed E-state index contributed by atoms with van der Waals surface area (Å²) in [4.78, 5) is 2.24. The molecule has 0 spiro atoms. The van der Waals surface area contributed by atoms with Gasteiger partial charge >= 0.3 is 0 Å². The van der Waals surface area contributed by atoms with Gasteiger partial charge in [0.1, 0.15) is 0 Å². The zero-order valence-corrected chi connectivity index (χ0v) is 11.9. The maximum atomic E-state index is 9.95. The highest BCUT2D eigenvalue weighted by Gasteiger charge is 2.11. The van der Waals surface area contributed by atoms with Crippen molar-refractivity contribution in [3.05, 3.63) is 35.0 Å². The van der Waals surface area contributed by atoms with Crippen LogP contribution in [0.15, 0.2) is 29.5 Å². The van der Waals surface area contributed by atoms with Crippen molar-refractivity contribution in [2.24, 2.45) is 0 Å². The first-order valence-corrected chi connectivity index (χ1v) is 7.22. The first kappa shape index (κ1) is 15.4. The molecule has 0 aliphatic heterocycles. The van der Waals surface area contributed by atoms with E-state index in [2.05, 4.69) is 28.3 Å². The van der Waals surface area contributed by atoms with E-state index in [0.29, 0.717) is 13.2 Å². The summed E-state index contributed by atoms with van der Waals surface area (Å²) in [5.74, 6) is 0. The van der Waals surface area contributed by atoms with Crippen LogP contribution in [-0.2, 0) is 11.3 Å². The Morgan fingerprint density at radius 1 is 1.61 bits per heavy atom. The van der Waals surface area contributed by atoms with E-state index >= 15 is 0 Å². The summed E-state index contributed by atoms with van der Waals surface area (Å²) >= 11 is 1.70. The van der Waals surface area contributed by atoms with Crippen molar-refractivity contribution in [1.82, 2.24) is 4.90 Å². The minimum atomic E-state index is -0.293. The van der Waals surface area contributed by atoms with Gasteiger partial charge in [0.2, 0.25) is 0 Å². The van der Waals surface area contributed by atoms with E-state index in [-0.39, 0.29) is 6.10 Å². The number of methoxy groups -OCH3 is 1. The predicted octanol–water partition coefficient (Wildman–Crippen LogP) is 2.52. The molecule has 1 aromatic heterocycles. The Labute approximate surface area is 114 Å². The zero-order chi connectivity index (χ0) is 13.2. The van der Waals surface area contributed by atoms with E-state index in [0.717, 1.165) is 25.9 Å². The molecule has 0 aliphatic carbocycles. The van der Waals surface area contributed by atoms with Crippen molar-refractivity contribution in [1.29, 1.82) is 0 Å². The van der Waals surface area contributed by atoms with Crippen molar-refractivity contribution in [3.8, 4) is 0 Å². The van der Waals surface area contributed by atoms with E-state index in [1.807, 2.05) is 6.08 Å². The molecule has 0 saturated carbocycles. The van der Waals surface area contributed by atoms with Gasteiger partial charge in [0, 0.05) is 26.7 Å². The van der Waals surface area contributed by atoms with Gasteiger partial charge in [0.05, 0.1) is 12.7 Å². The third-order valence-electron chi connectivity index (χ3n) is 2.77. The highest BCUT2D eigenvalue weighted by atomic mass is 32.1. The molecule has 1 unspecified atom stereocenters. The quantitative estimate of drug-likeness (QED) is 0.663. The van der Waals surface area contributed by atoms with E-state index < -0.39 is 0 Å². The Balaban J connectivity index is 2.41. The van der Waals surface area contributed by atoms with Crippen molar-refractivity contribution in [2.45, 2.75) is 25.5 Å². The smallest absolute Gasteiger partial charge is 0.0670 e. The van der Waals surface area contributed by atoms with Gasteiger partial charge in [-0.25, -0.2) is 0 Å². The molecule has 0 amide bonds. The molecule has 0 radical (unpaired) electrons. The van der Waals surface area contributed by atoms with E-state index in [1.54, 1.807) is 18.4 Å². The normalized spacial score (nSPS) is 12.8. The third-order valence-corrected chi connectivity index (χ3v) is 3.50. The number of rotatable bonds is 10. The molecule has 1 heterocycles. The minimum absolute atomic E-state index is 0.293. The van der Waals surface area contributed by atoms with Crippen LogP contribution in [0.1, 0.15) is 18.4 Å². The van der Waals surface area contributed by atoms with Crippen LogP contribution in [0.25, 0.3) is 0 Å². The molecule has 0 fully saturated rings. The Hall–Kier alpha value is -0.680. The average molecular weight is 269 g/mol. The van der Waals surface area contributed by atoms with Gasteiger partial charge in [-0.05, 0) is 35.2 Å². The molecular formula is C14H23NO2S. The van der Waals surface area contributed by atoms with Gasteiger partial charge in [-0.15, -0.1) is 6.58 Å². The number of hydrogen-bond donors (Lipinski definition) is 1. The van der Waals surface area contributed by atoms with E-state index in [1.165, 1.54) is 5.56 Å². The summed E-state index contributed by atoms with van der Waals surface area (Å²) in [6, 6.07) is 2.13. The molecule has 102 valence electrons. The lowest BCUT2D eigenvalue weighted by Gasteiger charge is -2.24. The van der Waals surface area contributed by atoms with Crippen LogP contribution in [0.2, 0.25) is 0 Å². The van der Waals surface area contributed by atoms with Gasteiger partial charge in [-0.3, -0.25) is 4.90 Å². The fraction of sp³-hybridized carbons (Fsp3) is 0.571. The molecule has 4 heteroatoms. The Morgan fingerprint density at radius 3 is 3.06 bits per heavy atom. The lowest BCUT2D eigenvalue weighted by Crippen LogP contribution is -2.34. The first-order chi connectivity index (χ1) is 8.76. The maximum Gasteiger partial charge on any atom is 0.0670 e. The summed E-state index contributed by atoms with van der Waals surface area (Å²) in [5.41, 5.74) is 1.30. The molecule has 1 N–H and O–H groups in total. The molecule has 1 atom stereocenters. The molecule has 1 aromatic rings. The SMILES string of the molecule is C=CCCC(O)CN(CCOC)Cc1ccsc1. The number of aliphatic hydroxyl groups excluding tert-OH is 1. The highest BCUT2D eigenvalue weighted by Crippen LogP contribution is 2.11. The van der Waals surface area contributed by atoms with Gasteiger partial charge in [-0.2, -0.15) is 11.3 Å². The third kappa shape index (κ3) is 6.31. The van der Waals surface area contributed by atoms with Gasteiger partial charge in [0.15, 0.2) is 0 Å². The summed E-state index contributed by atoms with van der Waals surface area (Å²) in [7, 11) is 1.71. The van der Waals surface area contributed by atoms with Crippen LogP contribution < -0.4 is 0 Å². The molecule has 18 heavy (non-hydrogen) atoms. The molecule has 0 saturated heterocycles. The minimum Gasteiger partial charge on any atom is -0.392 e. The number of ether oxygens (including phenoxy) is 1. The number of hydrogen-bond acceptors (Lipinski definition) is 4. The number of aliphatic hydroxyl groups is 1. The average Bonchev–Trinajstić information content (AvgIpc) is 2.86. The Morgan fingerprint density at radius 2 is 2.44 bits per heavy atom. The summed E-state index contributed by atoms with van der Waals surface area (Å²) in [5, 5.41) is 14.2. The number of nitrogens with zero attached hydrogens (tertiary/aromatic N) is 1. The second-order valence-corrected chi connectivity index (χ2v) is 5.16. The van der Waals surface area contributed by atoms with Crippen molar-refractivity contribution >= 4 is 11.3 Å². The summed E-state index contributed by atoms with van der Waals surface area (Å²) in [6.07, 6.45) is 3.19. The summed E-state index contributed by atoms with van der Waals surface area (Å²) < 4.78 is 5.12. The Bertz CT molecular complexity index is 314. The van der Waals surface area contributed by atoms with Gasteiger partial charge in [0.25, 0.3) is 0 Å². The van der Waals surface area contributed by atoms with E-state index in [9.17, 15) is 5.11 Å². The van der Waals surface area contributed by atoms with E-state index in [4.69, 9.17) is 4.74 Å². The second kappa shape index (κ2) is 9.28. The van der Waals surface area contributed by atoms with Gasteiger partial charge < -0.3 is 9.84 Å². The zero-order valence-electron chi connectivity index (χ0n) is 11.0. The molecule has 0 aliphatic rings. The maximum absolute atomic E-state index is 9.95. The van der Waals surface area contributed by atoms with Gasteiger partial charge in [-0.1, -0.05) is 6.08 Å². The predicted molar refractivity (Wildman–Crippen MR) is 76.9 cm³/mol. The van der Waals surface area contributed by atoms with Crippen LogP contribution in [0, 0.1) is 0 Å². The number of thiophene rings is 1. The topological polar surface area (TPSA) is 32.7 Å². The molecule has 3 nitrogen and oxygen atoms in total. The molecule has 0 aromatic carbocycles. The van der Waals surface area contributed by atoms with Crippen LogP contribution in [0.3, 0.4) is 0 Å². The van der Waals surface area contributed by atoms with Crippen LogP contribution >= 0.6 is 11.3 Å². The fourth-order valence-electron chi connectivity index (χ4n) is 1.80. The lowest BCUT2D eigenvalue weighted by molar-refractivity contribution is 0.0810. The Kier molecular flexibility index (Phi) is 7.93. The first-order valence-electron chi connectivity index (χ1n) is 6.27. The van der Waals surface area contributed by atoms with Crippen LogP contribution in [0.4, 0.5) is 0 Å². The largest absolute Gasteiger partial charge is 0.392 e. The molecular weight excluding hydrogens is 246 g/mol. The van der Waals surface area contributed by atoms with Crippen molar-refractivity contribution in [3.63, 3.8) is 0 Å². The van der Waals surface area contributed by atoms with Crippen LogP contribution in [-0.4, -0.2) is 42.9 Å². The lowest BCUT2D eigenvalue weighted by atomic mass is 10.2. The number of allylic oxidation sites excluding steroid dienone is 1. The summed E-state index contributed by atoms with van der Waals surface area (Å²) in [6.45, 7) is 6.78. The molecule has 1 rings (SSSR count). The highest BCUT2D eigenvalue weighted by molar-refractivity contribution is 7.07.